The molecule has 1 aliphatic rings. The van der Waals surface area contributed by atoms with Crippen LogP contribution in [0, 0.1) is 11.8 Å². The number of halogens is 1. The summed E-state index contributed by atoms with van der Waals surface area (Å²) in [6.45, 7) is 5.75. The largest absolute Gasteiger partial charge is 0.460 e. The van der Waals surface area contributed by atoms with Gasteiger partial charge in [0.15, 0.2) is 0 Å². The smallest absolute Gasteiger partial charge is 0.306 e. The zero-order valence-electron chi connectivity index (χ0n) is 12.5. The zero-order chi connectivity index (χ0) is 14.3. The lowest BCUT2D eigenvalue weighted by atomic mass is 10.1. The lowest BCUT2D eigenvalue weighted by molar-refractivity contribution is -0.154. The highest BCUT2D eigenvalue weighted by Crippen LogP contribution is 2.45. The third kappa shape index (κ3) is 8.46. The van der Waals surface area contributed by atoms with Crippen molar-refractivity contribution >= 4 is 21.9 Å². The number of carbonyl (C=O) groups excluding carboxylic acids is 1. The molecule has 19 heavy (non-hydrogen) atoms. The van der Waals surface area contributed by atoms with Crippen molar-refractivity contribution in [3.63, 3.8) is 0 Å². The van der Waals surface area contributed by atoms with Gasteiger partial charge in [-0.15, -0.1) is 0 Å². The zero-order valence-corrected chi connectivity index (χ0v) is 14.0. The van der Waals surface area contributed by atoms with Gasteiger partial charge in [0.1, 0.15) is 5.60 Å². The number of hydrogen-bond donors (Lipinski definition) is 0. The quantitative estimate of drug-likeness (QED) is 0.451. The minimum Gasteiger partial charge on any atom is -0.460 e. The first-order valence-electron chi connectivity index (χ1n) is 7.39. The summed E-state index contributed by atoms with van der Waals surface area (Å²) in [4.78, 5) is 13.5. The van der Waals surface area contributed by atoms with E-state index in [2.05, 4.69) is 22.0 Å². The molecule has 0 radical (unpaired) electrons. The highest BCUT2D eigenvalue weighted by molar-refractivity contribution is 9.11. The topological polar surface area (TPSA) is 26.3 Å². The van der Waals surface area contributed by atoms with Gasteiger partial charge in [0.05, 0.1) is 0 Å². The molecule has 3 heteroatoms. The minimum atomic E-state index is -0.346. The Kier molecular flexibility index (Phi) is 7.12. The fourth-order valence-corrected chi connectivity index (χ4v) is 2.72. The van der Waals surface area contributed by atoms with E-state index in [9.17, 15) is 4.79 Å². The summed E-state index contributed by atoms with van der Waals surface area (Å²) in [6, 6.07) is 0. The lowest BCUT2D eigenvalue weighted by Crippen LogP contribution is -2.23. The van der Waals surface area contributed by atoms with Gasteiger partial charge in [-0.25, -0.2) is 0 Å². The van der Waals surface area contributed by atoms with Crippen LogP contribution in [0.5, 0.6) is 0 Å². The van der Waals surface area contributed by atoms with Crippen molar-refractivity contribution in [1.29, 1.82) is 0 Å². The average Bonchev–Trinajstić information content (AvgIpc) is 3.01. The summed E-state index contributed by atoms with van der Waals surface area (Å²) in [5.41, 5.74) is -0.346. The maximum Gasteiger partial charge on any atom is 0.306 e. The molecule has 1 saturated carbocycles. The molecule has 0 aliphatic heterocycles. The van der Waals surface area contributed by atoms with E-state index in [0.29, 0.717) is 6.42 Å². The lowest BCUT2D eigenvalue weighted by Gasteiger charge is -2.19. The van der Waals surface area contributed by atoms with Gasteiger partial charge in [-0.2, -0.15) is 0 Å². The van der Waals surface area contributed by atoms with Crippen molar-refractivity contribution in [1.82, 2.24) is 0 Å². The van der Waals surface area contributed by atoms with Crippen LogP contribution in [0.3, 0.4) is 0 Å². The van der Waals surface area contributed by atoms with Gasteiger partial charge in [-0.05, 0) is 63.3 Å². The Morgan fingerprint density at radius 3 is 2.58 bits per heavy atom. The van der Waals surface area contributed by atoms with Crippen molar-refractivity contribution in [3.05, 3.63) is 11.1 Å². The molecule has 1 fully saturated rings. The number of esters is 1. The van der Waals surface area contributed by atoms with E-state index in [-0.39, 0.29) is 11.6 Å². The fraction of sp³-hybridized carbons (Fsp3) is 0.812. The molecule has 0 amide bonds. The van der Waals surface area contributed by atoms with Crippen molar-refractivity contribution in [2.24, 2.45) is 11.8 Å². The molecule has 0 saturated heterocycles. The molecule has 0 bridgehead atoms. The van der Waals surface area contributed by atoms with E-state index in [0.717, 1.165) is 24.7 Å². The first-order valence-corrected chi connectivity index (χ1v) is 8.31. The van der Waals surface area contributed by atoms with Crippen LogP contribution in [0.4, 0.5) is 0 Å². The van der Waals surface area contributed by atoms with E-state index < -0.39 is 0 Å². The number of rotatable bonds is 8. The van der Waals surface area contributed by atoms with Crippen molar-refractivity contribution in [2.75, 3.05) is 0 Å². The van der Waals surface area contributed by atoms with Crippen LogP contribution in [0.2, 0.25) is 0 Å². The summed E-state index contributed by atoms with van der Waals surface area (Å²) in [5, 5.41) is 0. The van der Waals surface area contributed by atoms with E-state index in [1.54, 1.807) is 0 Å². The second-order valence-corrected chi connectivity index (χ2v) is 7.06. The van der Waals surface area contributed by atoms with Crippen LogP contribution in [-0.2, 0) is 9.53 Å². The van der Waals surface area contributed by atoms with Gasteiger partial charge in [0, 0.05) is 6.42 Å². The monoisotopic (exact) mass is 330 g/mol. The van der Waals surface area contributed by atoms with Crippen LogP contribution < -0.4 is 0 Å². The Morgan fingerprint density at radius 2 is 1.95 bits per heavy atom. The summed E-state index contributed by atoms with van der Waals surface area (Å²) >= 11 is 3.30. The highest BCUT2D eigenvalue weighted by Gasteiger charge is 2.34. The van der Waals surface area contributed by atoms with Gasteiger partial charge >= 0.3 is 5.97 Å². The minimum absolute atomic E-state index is 0.0534. The summed E-state index contributed by atoms with van der Waals surface area (Å²) in [5.74, 6) is 1.80. The van der Waals surface area contributed by atoms with E-state index >= 15 is 0 Å². The molecule has 2 nitrogen and oxygen atoms in total. The van der Waals surface area contributed by atoms with Crippen LogP contribution in [0.15, 0.2) is 11.1 Å². The molecule has 0 N–H and O–H groups in total. The third-order valence-corrected chi connectivity index (χ3v) is 3.86. The normalized spacial score (nSPS) is 22.7. The average molecular weight is 331 g/mol. The second-order valence-electron chi connectivity index (χ2n) is 6.53. The van der Waals surface area contributed by atoms with E-state index in [1.165, 1.54) is 25.7 Å². The standard InChI is InChI=1S/C16H27BrO2/c1-16(2,3)19-15(18)10-5-4-8-13-12-14(13)9-6-7-11-17/h7,11,13-14H,4-6,8-10,12H2,1-3H3/b11-7-/t13-,14-/m1/s1. The van der Waals surface area contributed by atoms with Crippen LogP contribution in [-0.4, -0.2) is 11.6 Å². The summed E-state index contributed by atoms with van der Waals surface area (Å²) < 4.78 is 5.30. The van der Waals surface area contributed by atoms with Crippen molar-refractivity contribution in [3.8, 4) is 0 Å². The molecule has 1 aliphatic carbocycles. The Hall–Kier alpha value is -0.310. The Labute approximate surface area is 126 Å². The molecule has 110 valence electrons. The molecule has 0 spiro atoms. The van der Waals surface area contributed by atoms with E-state index in [1.807, 2.05) is 25.8 Å². The highest BCUT2D eigenvalue weighted by atomic mass is 79.9. The number of unbranched alkanes of at least 4 members (excludes halogenated alkanes) is 1. The Morgan fingerprint density at radius 1 is 1.26 bits per heavy atom. The molecule has 1 rings (SSSR count). The molecular formula is C16H27BrO2. The van der Waals surface area contributed by atoms with Crippen molar-refractivity contribution in [2.45, 2.75) is 71.3 Å². The SMILES string of the molecule is CC(C)(C)OC(=O)CCCC[C@@H]1C[C@H]1CC/C=C\Br. The fourth-order valence-electron chi connectivity index (χ4n) is 2.46. The first-order chi connectivity index (χ1) is 8.92. The van der Waals surface area contributed by atoms with E-state index in [4.69, 9.17) is 4.74 Å². The Bertz CT molecular complexity index is 304. The molecule has 0 aromatic rings. The van der Waals surface area contributed by atoms with Gasteiger partial charge in [0.25, 0.3) is 0 Å². The number of carbonyl (C=O) groups is 1. The number of ether oxygens (including phenoxy) is 1. The van der Waals surface area contributed by atoms with Gasteiger partial charge < -0.3 is 4.74 Å². The van der Waals surface area contributed by atoms with Crippen LogP contribution in [0.1, 0.15) is 65.7 Å². The Balaban J connectivity index is 1.96. The number of allylic oxidation sites excluding steroid dienone is 1. The van der Waals surface area contributed by atoms with Crippen molar-refractivity contribution < 1.29 is 9.53 Å². The molecule has 2 atom stereocenters. The molecule has 0 aromatic heterocycles. The number of hydrogen-bond acceptors (Lipinski definition) is 2. The van der Waals surface area contributed by atoms with Gasteiger partial charge in [0.2, 0.25) is 0 Å². The molecule has 0 unspecified atom stereocenters. The predicted octanol–water partition coefficient (Wildman–Crippen LogP) is 5.21. The maximum atomic E-state index is 11.5. The second kappa shape index (κ2) is 8.08. The summed E-state index contributed by atoms with van der Waals surface area (Å²) in [6.07, 6.45) is 10.1. The molecule has 0 aromatic carbocycles. The molecular weight excluding hydrogens is 304 g/mol. The first kappa shape index (κ1) is 16.7. The molecule has 0 heterocycles. The van der Waals surface area contributed by atoms with Gasteiger partial charge in [-0.1, -0.05) is 34.8 Å². The summed E-state index contributed by atoms with van der Waals surface area (Å²) in [7, 11) is 0. The predicted molar refractivity (Wildman–Crippen MR) is 83.2 cm³/mol. The third-order valence-electron chi connectivity index (χ3n) is 3.49. The maximum absolute atomic E-state index is 11.5. The van der Waals surface area contributed by atoms with Gasteiger partial charge in [-0.3, -0.25) is 4.79 Å². The van der Waals surface area contributed by atoms with Crippen LogP contribution in [0.25, 0.3) is 0 Å². The van der Waals surface area contributed by atoms with Crippen LogP contribution >= 0.6 is 15.9 Å².